The molecule has 0 saturated carbocycles. The Morgan fingerprint density at radius 1 is 1.20 bits per heavy atom. The lowest BCUT2D eigenvalue weighted by Gasteiger charge is -2.25. The summed E-state index contributed by atoms with van der Waals surface area (Å²) in [4.78, 5) is 23.7. The van der Waals surface area contributed by atoms with Gasteiger partial charge in [-0.05, 0) is 30.7 Å². The zero-order valence-electron chi connectivity index (χ0n) is 16.0. The Morgan fingerprint density at radius 2 is 2.00 bits per heavy atom. The minimum absolute atomic E-state index is 0.0957. The van der Waals surface area contributed by atoms with E-state index in [0.717, 1.165) is 5.56 Å². The van der Waals surface area contributed by atoms with E-state index in [1.807, 2.05) is 0 Å². The second kappa shape index (κ2) is 7.58. The van der Waals surface area contributed by atoms with Gasteiger partial charge in [0.1, 0.15) is 5.82 Å². The predicted octanol–water partition coefficient (Wildman–Crippen LogP) is 2.35. The third-order valence-electron chi connectivity index (χ3n) is 4.79. The molecule has 156 valence electrons. The molecular weight excluding hydrogens is 400 g/mol. The van der Waals surface area contributed by atoms with Crippen molar-refractivity contribution in [1.29, 1.82) is 0 Å². The first-order chi connectivity index (χ1) is 14.4. The Hall–Kier alpha value is -3.76. The van der Waals surface area contributed by atoms with Gasteiger partial charge in [0, 0.05) is 24.0 Å². The molecule has 11 heteroatoms. The van der Waals surface area contributed by atoms with E-state index in [1.165, 1.54) is 30.0 Å². The van der Waals surface area contributed by atoms with Gasteiger partial charge in [-0.1, -0.05) is 6.07 Å². The molecule has 1 unspecified atom stereocenters. The smallest absolute Gasteiger partial charge is 0.387 e. The number of fused-ring (bicyclic) bond motifs is 1. The van der Waals surface area contributed by atoms with Crippen LogP contribution in [0.1, 0.15) is 29.2 Å². The van der Waals surface area contributed by atoms with Gasteiger partial charge in [0.2, 0.25) is 5.91 Å². The molecule has 30 heavy (non-hydrogen) atoms. The lowest BCUT2D eigenvalue weighted by Crippen LogP contribution is -2.25. The Kier molecular flexibility index (Phi) is 4.94. The van der Waals surface area contributed by atoms with Gasteiger partial charge in [0.25, 0.3) is 5.56 Å². The van der Waals surface area contributed by atoms with Crippen molar-refractivity contribution in [1.82, 2.24) is 20.0 Å². The molecule has 2 aromatic heterocycles. The molecule has 0 radical (unpaired) electrons. The van der Waals surface area contributed by atoms with Crippen LogP contribution in [0.2, 0.25) is 0 Å². The SMILES string of the molecule is COc1cc(C2CC(=O)Nc3c2c(C)nn3-c2ccc(=O)[nH]n2)ccc1OC(F)F. The number of nitrogens with zero attached hydrogens (tertiary/aromatic N) is 3. The first kappa shape index (κ1) is 19.6. The number of aryl methyl sites for hydroxylation is 1. The molecule has 2 N–H and O–H groups in total. The standard InChI is InChI=1S/C19H17F2N5O4/c1-9-17-11(10-3-4-12(30-19(20)21)13(7-10)29-2)8-16(28)22-18(17)26(25-9)14-5-6-15(27)24-23-14/h3-7,11,19H,8H2,1-2H3,(H,22,28)(H,24,27). The van der Waals surface area contributed by atoms with Crippen LogP contribution in [0.5, 0.6) is 11.5 Å². The quantitative estimate of drug-likeness (QED) is 0.659. The summed E-state index contributed by atoms with van der Waals surface area (Å²) in [6, 6.07) is 7.36. The van der Waals surface area contributed by atoms with Gasteiger partial charge in [-0.2, -0.15) is 23.7 Å². The number of nitrogens with one attached hydrogen (secondary N) is 2. The van der Waals surface area contributed by atoms with E-state index in [-0.39, 0.29) is 35.3 Å². The number of halogens is 2. The number of methoxy groups -OCH3 is 1. The molecule has 4 rings (SSSR count). The van der Waals surface area contributed by atoms with Gasteiger partial charge in [0.15, 0.2) is 17.3 Å². The van der Waals surface area contributed by atoms with Crippen molar-refractivity contribution in [2.24, 2.45) is 0 Å². The van der Waals surface area contributed by atoms with Crippen LogP contribution in [0.4, 0.5) is 14.6 Å². The van der Waals surface area contributed by atoms with Gasteiger partial charge >= 0.3 is 6.61 Å². The van der Waals surface area contributed by atoms with Crippen molar-refractivity contribution in [2.75, 3.05) is 12.4 Å². The van der Waals surface area contributed by atoms with E-state index >= 15 is 0 Å². The number of amides is 1. The van der Waals surface area contributed by atoms with E-state index in [2.05, 4.69) is 25.3 Å². The number of anilines is 1. The minimum Gasteiger partial charge on any atom is -0.493 e. The average Bonchev–Trinajstić information content (AvgIpc) is 3.04. The highest BCUT2D eigenvalue weighted by atomic mass is 19.3. The van der Waals surface area contributed by atoms with Crippen LogP contribution < -0.4 is 20.3 Å². The molecular formula is C19H17F2N5O4. The topological polar surface area (TPSA) is 111 Å². The van der Waals surface area contributed by atoms with Crippen molar-refractivity contribution >= 4 is 11.7 Å². The van der Waals surface area contributed by atoms with E-state index in [0.29, 0.717) is 22.9 Å². The molecule has 3 heterocycles. The third-order valence-corrected chi connectivity index (χ3v) is 4.79. The fraction of sp³-hybridized carbons (Fsp3) is 0.263. The number of carbonyl (C=O) groups excluding carboxylic acids is 1. The van der Waals surface area contributed by atoms with Gasteiger partial charge in [0.05, 0.1) is 12.8 Å². The summed E-state index contributed by atoms with van der Waals surface area (Å²) in [7, 11) is 1.35. The number of carbonyl (C=O) groups is 1. The van der Waals surface area contributed by atoms with E-state index in [1.54, 1.807) is 19.1 Å². The van der Waals surface area contributed by atoms with Crippen LogP contribution in [0, 0.1) is 6.92 Å². The van der Waals surface area contributed by atoms with Crippen LogP contribution in [-0.2, 0) is 4.79 Å². The Labute approximate surface area is 168 Å². The Balaban J connectivity index is 1.80. The molecule has 0 saturated heterocycles. The number of alkyl halides is 2. The molecule has 0 bridgehead atoms. The summed E-state index contributed by atoms with van der Waals surface area (Å²) < 4.78 is 36.3. The van der Waals surface area contributed by atoms with Crippen LogP contribution in [-0.4, -0.2) is 39.6 Å². The van der Waals surface area contributed by atoms with Crippen LogP contribution in [0.15, 0.2) is 35.1 Å². The van der Waals surface area contributed by atoms with Crippen molar-refractivity contribution in [2.45, 2.75) is 25.9 Å². The molecule has 9 nitrogen and oxygen atoms in total. The number of hydrogen-bond donors (Lipinski definition) is 2. The van der Waals surface area contributed by atoms with Crippen LogP contribution in [0.25, 0.3) is 5.82 Å². The largest absolute Gasteiger partial charge is 0.493 e. The van der Waals surface area contributed by atoms with Gasteiger partial charge in [-0.3, -0.25) is 9.59 Å². The highest BCUT2D eigenvalue weighted by Crippen LogP contribution is 2.42. The van der Waals surface area contributed by atoms with Crippen molar-refractivity contribution in [3.8, 4) is 17.3 Å². The number of hydrogen-bond acceptors (Lipinski definition) is 6. The highest BCUT2D eigenvalue weighted by Gasteiger charge is 2.33. The number of benzene rings is 1. The minimum atomic E-state index is -2.98. The molecule has 1 aliphatic rings. The summed E-state index contributed by atoms with van der Waals surface area (Å²) in [5.74, 6) is 0.164. The van der Waals surface area contributed by atoms with Gasteiger partial charge in [-0.25, -0.2) is 5.10 Å². The maximum absolute atomic E-state index is 12.6. The van der Waals surface area contributed by atoms with Crippen LogP contribution in [0.3, 0.4) is 0 Å². The highest BCUT2D eigenvalue weighted by molar-refractivity contribution is 5.95. The maximum Gasteiger partial charge on any atom is 0.387 e. The first-order valence-electron chi connectivity index (χ1n) is 8.95. The van der Waals surface area contributed by atoms with Crippen LogP contribution >= 0.6 is 0 Å². The molecule has 1 aliphatic heterocycles. The number of aromatic amines is 1. The number of ether oxygens (including phenoxy) is 2. The predicted molar refractivity (Wildman–Crippen MR) is 101 cm³/mol. The normalized spacial score (nSPS) is 15.6. The molecule has 1 atom stereocenters. The fourth-order valence-corrected chi connectivity index (χ4v) is 3.55. The monoisotopic (exact) mass is 417 g/mol. The second-order valence-electron chi connectivity index (χ2n) is 6.63. The molecule has 0 fully saturated rings. The summed E-state index contributed by atoms with van der Waals surface area (Å²) in [6.07, 6.45) is 0.136. The summed E-state index contributed by atoms with van der Waals surface area (Å²) in [6.45, 7) is -1.20. The van der Waals surface area contributed by atoms with E-state index < -0.39 is 6.61 Å². The van der Waals surface area contributed by atoms with Crippen molar-refractivity contribution in [3.05, 3.63) is 57.5 Å². The average molecular weight is 417 g/mol. The molecule has 3 aromatic rings. The van der Waals surface area contributed by atoms with E-state index in [9.17, 15) is 18.4 Å². The Bertz CT molecular complexity index is 1150. The molecule has 0 spiro atoms. The molecule has 0 aliphatic carbocycles. The Morgan fingerprint density at radius 3 is 2.67 bits per heavy atom. The maximum atomic E-state index is 12.6. The number of aromatic nitrogens is 4. The second-order valence-corrected chi connectivity index (χ2v) is 6.63. The fourth-order valence-electron chi connectivity index (χ4n) is 3.55. The van der Waals surface area contributed by atoms with Crippen molar-refractivity contribution in [3.63, 3.8) is 0 Å². The van der Waals surface area contributed by atoms with Gasteiger partial charge < -0.3 is 14.8 Å². The van der Waals surface area contributed by atoms with E-state index in [4.69, 9.17) is 4.74 Å². The molecule has 1 aromatic carbocycles. The zero-order chi connectivity index (χ0) is 21.4. The summed E-state index contributed by atoms with van der Waals surface area (Å²) >= 11 is 0. The number of H-pyrrole nitrogens is 1. The molecule has 1 amide bonds. The van der Waals surface area contributed by atoms with Gasteiger partial charge in [-0.15, -0.1) is 0 Å². The van der Waals surface area contributed by atoms with Crippen molar-refractivity contribution < 1.29 is 23.0 Å². The lowest BCUT2D eigenvalue weighted by atomic mass is 9.85. The summed E-state index contributed by atoms with van der Waals surface area (Å²) in [5, 5.41) is 13.6. The number of rotatable bonds is 5. The lowest BCUT2D eigenvalue weighted by molar-refractivity contribution is -0.116. The summed E-state index contributed by atoms with van der Waals surface area (Å²) in [5.41, 5.74) is 1.72. The third kappa shape index (κ3) is 3.49. The zero-order valence-corrected chi connectivity index (χ0v) is 16.0. The first-order valence-corrected chi connectivity index (χ1v) is 8.95.